The zero-order valence-corrected chi connectivity index (χ0v) is 12.1. The molecule has 2 unspecified atom stereocenters. The smallest absolute Gasteiger partial charge is 0.217 e. The van der Waals surface area contributed by atoms with Crippen LogP contribution in [0.4, 0.5) is 5.69 Å². The molecule has 0 bridgehead atoms. The average molecular weight is 260 g/mol. The summed E-state index contributed by atoms with van der Waals surface area (Å²) in [5.41, 5.74) is 2.56. The molecule has 1 amide bonds. The molecule has 1 aromatic rings. The Morgan fingerprint density at radius 3 is 2.84 bits per heavy atom. The molecule has 2 atom stereocenters. The Balaban J connectivity index is 2.13. The number of hydrogen-bond acceptors (Lipinski definition) is 2. The first-order valence-electron chi connectivity index (χ1n) is 7.17. The highest BCUT2D eigenvalue weighted by Gasteiger charge is 2.26. The Kier molecular flexibility index (Phi) is 4.46. The highest BCUT2D eigenvalue weighted by molar-refractivity contribution is 5.73. The van der Waals surface area contributed by atoms with E-state index in [9.17, 15) is 4.79 Å². The third-order valence-corrected chi connectivity index (χ3v) is 3.89. The molecular weight excluding hydrogens is 236 g/mol. The molecule has 1 aliphatic heterocycles. The highest BCUT2D eigenvalue weighted by Crippen LogP contribution is 2.25. The van der Waals surface area contributed by atoms with Gasteiger partial charge in [-0.15, -0.1) is 0 Å². The summed E-state index contributed by atoms with van der Waals surface area (Å²) >= 11 is 0. The lowest BCUT2D eigenvalue weighted by Gasteiger charge is -2.39. The van der Waals surface area contributed by atoms with E-state index in [4.69, 9.17) is 0 Å². The molecule has 0 radical (unpaired) electrons. The van der Waals surface area contributed by atoms with Crippen molar-refractivity contribution in [3.8, 4) is 0 Å². The van der Waals surface area contributed by atoms with Crippen LogP contribution in [0, 0.1) is 12.8 Å². The monoisotopic (exact) mass is 260 g/mol. The summed E-state index contributed by atoms with van der Waals surface area (Å²) in [7, 11) is 0. The van der Waals surface area contributed by atoms with E-state index < -0.39 is 0 Å². The van der Waals surface area contributed by atoms with Gasteiger partial charge in [0.05, 0.1) is 0 Å². The van der Waals surface area contributed by atoms with E-state index in [-0.39, 0.29) is 11.9 Å². The maximum Gasteiger partial charge on any atom is 0.217 e. The number of aryl methyl sites for hydroxylation is 1. The van der Waals surface area contributed by atoms with Crippen molar-refractivity contribution in [2.45, 2.75) is 39.7 Å². The Hall–Kier alpha value is -1.51. The fraction of sp³-hybridized carbons (Fsp3) is 0.562. The quantitative estimate of drug-likeness (QED) is 0.906. The van der Waals surface area contributed by atoms with Gasteiger partial charge in [0.1, 0.15) is 0 Å². The molecule has 2 rings (SSSR count). The van der Waals surface area contributed by atoms with E-state index in [1.165, 1.54) is 17.7 Å². The summed E-state index contributed by atoms with van der Waals surface area (Å²) in [5, 5.41) is 3.08. The fourth-order valence-corrected chi connectivity index (χ4v) is 2.93. The average Bonchev–Trinajstić information content (AvgIpc) is 2.37. The molecule has 1 aromatic carbocycles. The molecule has 0 aliphatic carbocycles. The lowest BCUT2D eigenvalue weighted by Crippen LogP contribution is -2.50. The minimum absolute atomic E-state index is 0.0749. The first kappa shape index (κ1) is 13.9. The first-order chi connectivity index (χ1) is 9.08. The van der Waals surface area contributed by atoms with Gasteiger partial charge in [-0.2, -0.15) is 0 Å². The van der Waals surface area contributed by atoms with Crippen LogP contribution in [-0.2, 0) is 4.79 Å². The predicted octanol–water partition coefficient (Wildman–Crippen LogP) is 2.74. The Labute approximate surface area is 116 Å². The number of hydrogen-bond donors (Lipinski definition) is 1. The molecule has 0 saturated carbocycles. The number of piperidine rings is 1. The summed E-state index contributed by atoms with van der Waals surface area (Å²) in [5.74, 6) is 0.733. The largest absolute Gasteiger partial charge is 0.369 e. The summed E-state index contributed by atoms with van der Waals surface area (Å²) in [6, 6.07) is 8.89. The van der Waals surface area contributed by atoms with Gasteiger partial charge in [-0.25, -0.2) is 0 Å². The molecule has 1 aliphatic rings. The molecule has 1 saturated heterocycles. The van der Waals surface area contributed by atoms with E-state index in [0.29, 0.717) is 5.92 Å². The maximum atomic E-state index is 11.3. The summed E-state index contributed by atoms with van der Waals surface area (Å²) in [6.07, 6.45) is 2.26. The Morgan fingerprint density at radius 1 is 1.42 bits per heavy atom. The highest BCUT2D eigenvalue weighted by atomic mass is 16.1. The summed E-state index contributed by atoms with van der Waals surface area (Å²) in [6.45, 7) is 7.97. The molecule has 1 heterocycles. The first-order valence-corrected chi connectivity index (χ1v) is 7.17. The number of nitrogens with one attached hydrogen (secondary N) is 1. The number of carbonyl (C=O) groups excluding carboxylic acids is 1. The molecular formula is C16H24N2O. The number of benzene rings is 1. The molecule has 19 heavy (non-hydrogen) atoms. The molecule has 1 fully saturated rings. The van der Waals surface area contributed by atoms with Crippen LogP contribution in [0.15, 0.2) is 24.3 Å². The van der Waals surface area contributed by atoms with Crippen LogP contribution in [0.5, 0.6) is 0 Å². The van der Waals surface area contributed by atoms with Crippen LogP contribution in [0.1, 0.15) is 32.3 Å². The van der Waals surface area contributed by atoms with Crippen molar-refractivity contribution >= 4 is 11.6 Å². The number of nitrogens with zero attached hydrogens (tertiary/aromatic N) is 1. The van der Waals surface area contributed by atoms with Gasteiger partial charge in [-0.3, -0.25) is 4.79 Å². The van der Waals surface area contributed by atoms with Crippen molar-refractivity contribution in [2.75, 3.05) is 18.0 Å². The Morgan fingerprint density at radius 2 is 2.21 bits per heavy atom. The van der Waals surface area contributed by atoms with E-state index in [1.807, 2.05) is 0 Å². The number of amides is 1. The fourth-order valence-electron chi connectivity index (χ4n) is 2.93. The predicted molar refractivity (Wildman–Crippen MR) is 79.4 cm³/mol. The second kappa shape index (κ2) is 6.09. The topological polar surface area (TPSA) is 32.3 Å². The molecule has 3 heteroatoms. The van der Waals surface area contributed by atoms with Gasteiger partial charge >= 0.3 is 0 Å². The third-order valence-electron chi connectivity index (χ3n) is 3.89. The second-order valence-electron chi connectivity index (χ2n) is 5.65. The Bertz CT molecular complexity index is 444. The molecule has 1 N–H and O–H groups in total. The van der Waals surface area contributed by atoms with Crippen LogP contribution in [0.3, 0.4) is 0 Å². The minimum Gasteiger partial charge on any atom is -0.369 e. The number of anilines is 1. The van der Waals surface area contributed by atoms with Gasteiger partial charge in [-0.1, -0.05) is 25.5 Å². The standard InChI is InChI=1S/C16H24N2O/c1-4-14-9-15(17-13(3)19)11-18(10-14)16-7-5-6-12(2)8-16/h5-8,14-15H,4,9-11H2,1-3H3,(H,17,19). The van der Waals surface area contributed by atoms with Crippen molar-refractivity contribution in [1.29, 1.82) is 0 Å². The van der Waals surface area contributed by atoms with E-state index in [1.54, 1.807) is 6.92 Å². The molecule has 104 valence electrons. The zero-order valence-electron chi connectivity index (χ0n) is 12.1. The minimum atomic E-state index is 0.0749. The summed E-state index contributed by atoms with van der Waals surface area (Å²) in [4.78, 5) is 13.7. The van der Waals surface area contributed by atoms with Crippen molar-refractivity contribution in [2.24, 2.45) is 5.92 Å². The van der Waals surface area contributed by atoms with Gasteiger partial charge in [0.2, 0.25) is 5.91 Å². The lowest BCUT2D eigenvalue weighted by atomic mass is 9.91. The van der Waals surface area contributed by atoms with Crippen molar-refractivity contribution in [3.63, 3.8) is 0 Å². The zero-order chi connectivity index (χ0) is 13.8. The second-order valence-corrected chi connectivity index (χ2v) is 5.65. The molecule has 3 nitrogen and oxygen atoms in total. The van der Waals surface area contributed by atoms with Gasteiger partial charge in [0, 0.05) is 31.7 Å². The van der Waals surface area contributed by atoms with Gasteiger partial charge in [0.25, 0.3) is 0 Å². The van der Waals surface area contributed by atoms with Crippen LogP contribution >= 0.6 is 0 Å². The molecule has 0 spiro atoms. The van der Waals surface area contributed by atoms with Crippen molar-refractivity contribution in [3.05, 3.63) is 29.8 Å². The van der Waals surface area contributed by atoms with E-state index in [0.717, 1.165) is 19.5 Å². The maximum absolute atomic E-state index is 11.3. The third kappa shape index (κ3) is 3.72. The molecule has 0 aromatic heterocycles. The lowest BCUT2D eigenvalue weighted by molar-refractivity contribution is -0.119. The number of rotatable bonds is 3. The normalized spacial score (nSPS) is 23.2. The van der Waals surface area contributed by atoms with Crippen LogP contribution in [-0.4, -0.2) is 25.0 Å². The van der Waals surface area contributed by atoms with Crippen molar-refractivity contribution in [1.82, 2.24) is 5.32 Å². The van der Waals surface area contributed by atoms with Crippen LogP contribution < -0.4 is 10.2 Å². The summed E-state index contributed by atoms with van der Waals surface area (Å²) < 4.78 is 0. The van der Waals surface area contributed by atoms with E-state index in [2.05, 4.69) is 48.3 Å². The van der Waals surface area contributed by atoms with E-state index >= 15 is 0 Å². The van der Waals surface area contributed by atoms with Gasteiger partial charge in [-0.05, 0) is 37.0 Å². The number of carbonyl (C=O) groups is 1. The van der Waals surface area contributed by atoms with Gasteiger partial charge < -0.3 is 10.2 Å². The van der Waals surface area contributed by atoms with Crippen LogP contribution in [0.25, 0.3) is 0 Å². The van der Waals surface area contributed by atoms with Crippen LogP contribution in [0.2, 0.25) is 0 Å². The SMILES string of the molecule is CCC1CC(NC(C)=O)CN(c2cccc(C)c2)C1. The van der Waals surface area contributed by atoms with Gasteiger partial charge in [0.15, 0.2) is 0 Å². The van der Waals surface area contributed by atoms with Crippen molar-refractivity contribution < 1.29 is 4.79 Å².